The van der Waals surface area contributed by atoms with Gasteiger partial charge in [0, 0.05) is 25.8 Å². The summed E-state index contributed by atoms with van der Waals surface area (Å²) in [4.78, 5) is 0. The van der Waals surface area contributed by atoms with Gasteiger partial charge in [0.25, 0.3) is 0 Å². The molecule has 0 saturated carbocycles. The fourth-order valence-electron chi connectivity index (χ4n) is 0. The number of aliphatic hydroxyl groups is 1. The molecule has 1 nitrogen and oxygen atoms in total. The third-order valence-corrected chi connectivity index (χ3v) is 0.591. The third kappa shape index (κ3) is 8.85. The monoisotopic (exact) mass is 254 g/mol. The van der Waals surface area contributed by atoms with E-state index in [0.717, 1.165) is 6.42 Å². The summed E-state index contributed by atoms with van der Waals surface area (Å²) in [5.74, 6) is 0. The predicted octanol–water partition coefficient (Wildman–Crippen LogP) is 0.775. The second-order valence-electron chi connectivity index (χ2n) is 1.26. The first-order valence-corrected chi connectivity index (χ1v) is 1.95. The molecule has 0 rings (SSSR count). The minimum absolute atomic E-state index is 0. The number of aliphatic hydroxyl groups excluding tert-OH is 1. The van der Waals surface area contributed by atoms with Crippen molar-refractivity contribution in [3.05, 3.63) is 0 Å². The third-order valence-electron chi connectivity index (χ3n) is 0.591. The normalized spacial score (nSPS) is 12.5. The zero-order valence-electron chi connectivity index (χ0n) is 4.23. The van der Waals surface area contributed by atoms with E-state index in [1.54, 1.807) is 6.92 Å². The average molecular weight is 253 g/mol. The molecular weight excluding hydrogens is 243 g/mol. The first-order valence-electron chi connectivity index (χ1n) is 1.95. The van der Waals surface area contributed by atoms with Crippen LogP contribution in [-0.4, -0.2) is 11.2 Å². The average Bonchev–Trinajstić information content (AvgIpc) is 1.38. The zero-order valence-corrected chi connectivity index (χ0v) is 7.82. The molecule has 36 valence electrons. The maximum absolute atomic E-state index is 8.36. The van der Waals surface area contributed by atoms with Crippen LogP contribution in [0.3, 0.4) is 0 Å². The van der Waals surface area contributed by atoms with Crippen LogP contribution in [-0.2, 0) is 25.8 Å². The van der Waals surface area contributed by atoms with Gasteiger partial charge in [-0.2, -0.15) is 0 Å². The van der Waals surface area contributed by atoms with Gasteiger partial charge in [-0.25, -0.2) is 0 Å². The summed E-state index contributed by atoms with van der Waals surface area (Å²) in [7, 11) is 0. The van der Waals surface area contributed by atoms with Gasteiger partial charge in [-0.1, -0.05) is 6.92 Å². The van der Waals surface area contributed by atoms with Gasteiger partial charge in [-0.3, -0.25) is 0 Å². The Morgan fingerprint density at radius 1 is 1.67 bits per heavy atom. The van der Waals surface area contributed by atoms with Gasteiger partial charge < -0.3 is 5.11 Å². The fraction of sp³-hybridized carbons (Fsp3) is 1.00. The van der Waals surface area contributed by atoms with Crippen LogP contribution in [0.5, 0.6) is 0 Å². The SMILES string of the molecule is CCC(C)O.[Hf]. The van der Waals surface area contributed by atoms with Crippen LogP contribution in [0.15, 0.2) is 0 Å². The van der Waals surface area contributed by atoms with Crippen molar-refractivity contribution >= 4 is 0 Å². The van der Waals surface area contributed by atoms with Crippen molar-refractivity contribution in [2.75, 3.05) is 0 Å². The van der Waals surface area contributed by atoms with E-state index in [1.165, 1.54) is 0 Å². The summed E-state index contributed by atoms with van der Waals surface area (Å²) in [6.07, 6.45) is 0.745. The largest absolute Gasteiger partial charge is 0.393 e. The molecule has 0 spiro atoms. The van der Waals surface area contributed by atoms with E-state index in [0.29, 0.717) is 0 Å². The van der Waals surface area contributed by atoms with Gasteiger partial charge >= 0.3 is 0 Å². The molecule has 0 aromatic rings. The Hall–Kier alpha value is 0.830. The van der Waals surface area contributed by atoms with Crippen molar-refractivity contribution in [1.29, 1.82) is 0 Å². The first-order chi connectivity index (χ1) is 2.27. The molecule has 0 saturated heterocycles. The molecule has 0 aliphatic rings. The molecule has 1 N–H and O–H groups in total. The van der Waals surface area contributed by atoms with Crippen LogP contribution in [0, 0.1) is 0 Å². The van der Waals surface area contributed by atoms with Crippen LogP contribution < -0.4 is 0 Å². The van der Waals surface area contributed by atoms with E-state index in [-0.39, 0.29) is 31.9 Å². The maximum atomic E-state index is 8.36. The van der Waals surface area contributed by atoms with Gasteiger partial charge in [0.15, 0.2) is 0 Å². The molecule has 0 aromatic carbocycles. The van der Waals surface area contributed by atoms with Gasteiger partial charge in [-0.05, 0) is 13.3 Å². The molecule has 0 radical (unpaired) electrons. The minimum Gasteiger partial charge on any atom is -0.393 e. The summed E-state index contributed by atoms with van der Waals surface area (Å²) in [6.45, 7) is 3.73. The molecular formula is C4H10HfO. The van der Waals surface area contributed by atoms with Crippen LogP contribution in [0.1, 0.15) is 20.3 Å². The van der Waals surface area contributed by atoms with Crippen molar-refractivity contribution in [1.82, 2.24) is 0 Å². The fourth-order valence-corrected chi connectivity index (χ4v) is 0. The zero-order chi connectivity index (χ0) is 4.28. The van der Waals surface area contributed by atoms with E-state index >= 15 is 0 Å². The van der Waals surface area contributed by atoms with Crippen LogP contribution >= 0.6 is 0 Å². The van der Waals surface area contributed by atoms with E-state index in [9.17, 15) is 0 Å². The van der Waals surface area contributed by atoms with E-state index in [2.05, 4.69) is 0 Å². The Kier molecular flexibility index (Phi) is 9.67. The molecule has 0 fully saturated rings. The predicted molar refractivity (Wildman–Crippen MR) is 22.0 cm³/mol. The summed E-state index contributed by atoms with van der Waals surface area (Å²) in [5.41, 5.74) is 0. The topological polar surface area (TPSA) is 20.2 Å². The van der Waals surface area contributed by atoms with Gasteiger partial charge in [0.1, 0.15) is 0 Å². The Balaban J connectivity index is 0. The summed E-state index contributed by atoms with van der Waals surface area (Å²) in [6, 6.07) is 0. The Labute approximate surface area is 57.5 Å². The molecule has 1 unspecified atom stereocenters. The van der Waals surface area contributed by atoms with Crippen molar-refractivity contribution < 1.29 is 30.9 Å². The van der Waals surface area contributed by atoms with Gasteiger partial charge in [0.2, 0.25) is 0 Å². The van der Waals surface area contributed by atoms with Gasteiger partial charge in [-0.15, -0.1) is 0 Å². The molecule has 1 atom stereocenters. The Bertz CT molecular complexity index is 21.5. The first kappa shape index (κ1) is 9.95. The van der Waals surface area contributed by atoms with Crippen LogP contribution in [0.2, 0.25) is 0 Å². The minimum atomic E-state index is -0.116. The molecule has 2 heteroatoms. The molecule has 0 aromatic heterocycles. The van der Waals surface area contributed by atoms with Crippen LogP contribution in [0.4, 0.5) is 0 Å². The van der Waals surface area contributed by atoms with Gasteiger partial charge in [0.05, 0.1) is 6.10 Å². The molecule has 6 heavy (non-hydrogen) atoms. The number of rotatable bonds is 1. The number of hydrogen-bond donors (Lipinski definition) is 1. The molecule has 0 aliphatic carbocycles. The smallest absolute Gasteiger partial charge is 0.0509 e. The summed E-state index contributed by atoms with van der Waals surface area (Å²) >= 11 is 0. The van der Waals surface area contributed by atoms with Crippen molar-refractivity contribution in [3.8, 4) is 0 Å². The van der Waals surface area contributed by atoms with Crippen molar-refractivity contribution in [2.24, 2.45) is 0 Å². The maximum Gasteiger partial charge on any atom is 0.0509 e. The molecule has 0 heterocycles. The quantitative estimate of drug-likeness (QED) is 0.684. The summed E-state index contributed by atoms with van der Waals surface area (Å²) < 4.78 is 0. The standard InChI is InChI=1S/C4H10O.Hf/c1-3-4(2)5;/h4-5H,3H2,1-2H3;. The van der Waals surface area contributed by atoms with E-state index < -0.39 is 0 Å². The molecule has 0 amide bonds. The Morgan fingerprint density at radius 2 is 1.83 bits per heavy atom. The van der Waals surface area contributed by atoms with Crippen molar-refractivity contribution in [3.63, 3.8) is 0 Å². The number of hydrogen-bond acceptors (Lipinski definition) is 1. The Morgan fingerprint density at radius 3 is 1.83 bits per heavy atom. The van der Waals surface area contributed by atoms with Crippen molar-refractivity contribution in [2.45, 2.75) is 26.4 Å². The van der Waals surface area contributed by atoms with E-state index in [1.807, 2.05) is 6.92 Å². The molecule has 0 aliphatic heterocycles. The molecule has 0 bridgehead atoms. The summed E-state index contributed by atoms with van der Waals surface area (Å²) in [5, 5.41) is 8.36. The second-order valence-corrected chi connectivity index (χ2v) is 1.26. The van der Waals surface area contributed by atoms with E-state index in [4.69, 9.17) is 5.11 Å². The second kappa shape index (κ2) is 5.83. The van der Waals surface area contributed by atoms with Crippen LogP contribution in [0.25, 0.3) is 0 Å².